The topological polar surface area (TPSA) is 47.2 Å². The van der Waals surface area contributed by atoms with Gasteiger partial charge in [-0.05, 0) is 18.2 Å². The van der Waals surface area contributed by atoms with Crippen molar-refractivity contribution in [1.29, 1.82) is 0 Å². The molecule has 4 aromatic heterocycles. The van der Waals surface area contributed by atoms with E-state index < -0.39 is 0 Å². The minimum absolute atomic E-state index is 0.786. The van der Waals surface area contributed by atoms with Crippen molar-refractivity contribution < 1.29 is 8.98 Å². The van der Waals surface area contributed by atoms with Gasteiger partial charge in [0.2, 0.25) is 5.58 Å². The smallest absolute Gasteiger partial charge is 0.354 e. The van der Waals surface area contributed by atoms with E-state index in [-0.39, 0.29) is 0 Å². The zero-order valence-electron chi connectivity index (χ0n) is 9.95. The SMILES string of the molecule is c1cnc2c(c1)C[n+]1c-2oc2cc3cccnn3c21. The highest BCUT2D eigenvalue weighted by atomic mass is 16.4. The van der Waals surface area contributed by atoms with Crippen LogP contribution in [0.4, 0.5) is 0 Å². The predicted molar refractivity (Wildman–Crippen MR) is 67.5 cm³/mol. The van der Waals surface area contributed by atoms with Crippen molar-refractivity contribution in [2.75, 3.05) is 0 Å². The summed E-state index contributed by atoms with van der Waals surface area (Å²) in [6, 6.07) is 10.00. The van der Waals surface area contributed by atoms with Crippen LogP contribution in [0, 0.1) is 0 Å². The molecule has 0 radical (unpaired) electrons. The molecule has 0 fully saturated rings. The molecule has 1 aliphatic rings. The zero-order valence-corrected chi connectivity index (χ0v) is 9.95. The van der Waals surface area contributed by atoms with Crippen LogP contribution in [-0.2, 0) is 6.54 Å². The van der Waals surface area contributed by atoms with Crippen molar-refractivity contribution in [3.05, 3.63) is 48.3 Å². The third-order valence-corrected chi connectivity index (χ3v) is 3.61. The molecule has 0 spiro atoms. The molecule has 0 saturated carbocycles. The molecule has 19 heavy (non-hydrogen) atoms. The van der Waals surface area contributed by atoms with Crippen molar-refractivity contribution in [2.45, 2.75) is 6.54 Å². The van der Waals surface area contributed by atoms with E-state index >= 15 is 0 Å². The van der Waals surface area contributed by atoms with Crippen LogP contribution in [0.3, 0.4) is 0 Å². The molecule has 0 saturated heterocycles. The van der Waals surface area contributed by atoms with Gasteiger partial charge in [-0.1, -0.05) is 15.7 Å². The molecule has 90 valence electrons. The van der Waals surface area contributed by atoms with Gasteiger partial charge < -0.3 is 4.42 Å². The van der Waals surface area contributed by atoms with E-state index in [4.69, 9.17) is 4.42 Å². The lowest BCUT2D eigenvalue weighted by molar-refractivity contribution is -0.651. The predicted octanol–water partition coefficient (Wildman–Crippen LogP) is 1.79. The van der Waals surface area contributed by atoms with E-state index in [0.29, 0.717) is 0 Å². The molecule has 0 aromatic carbocycles. The lowest BCUT2D eigenvalue weighted by atomic mass is 10.2. The monoisotopic (exact) mass is 249 g/mol. The summed E-state index contributed by atoms with van der Waals surface area (Å²) in [6.45, 7) is 0.786. The molecule has 5 heteroatoms. The Morgan fingerprint density at radius 2 is 2.16 bits per heavy atom. The van der Waals surface area contributed by atoms with Gasteiger partial charge in [0.25, 0.3) is 0 Å². The molecule has 0 bridgehead atoms. The number of hydrogen-bond donors (Lipinski definition) is 0. The second kappa shape index (κ2) is 3.00. The van der Waals surface area contributed by atoms with Gasteiger partial charge >= 0.3 is 11.5 Å². The minimum atomic E-state index is 0.786. The van der Waals surface area contributed by atoms with E-state index in [0.717, 1.165) is 34.9 Å². The Kier molecular flexibility index (Phi) is 1.46. The van der Waals surface area contributed by atoms with E-state index in [1.807, 2.05) is 28.8 Å². The van der Waals surface area contributed by atoms with E-state index in [2.05, 4.69) is 20.7 Å². The van der Waals surface area contributed by atoms with Crippen LogP contribution >= 0.6 is 0 Å². The first-order valence-electron chi connectivity index (χ1n) is 6.15. The first-order valence-corrected chi connectivity index (χ1v) is 6.15. The third-order valence-electron chi connectivity index (χ3n) is 3.61. The average Bonchev–Trinajstić information content (AvgIpc) is 3.05. The van der Waals surface area contributed by atoms with Gasteiger partial charge in [0.05, 0.1) is 6.20 Å². The number of pyridine rings is 1. The summed E-state index contributed by atoms with van der Waals surface area (Å²) in [4.78, 5) is 4.41. The van der Waals surface area contributed by atoms with Crippen LogP contribution in [0.1, 0.15) is 5.56 Å². The summed E-state index contributed by atoms with van der Waals surface area (Å²) in [5.74, 6) is 0.820. The van der Waals surface area contributed by atoms with Gasteiger partial charge in [-0.3, -0.25) is 0 Å². The van der Waals surface area contributed by atoms with Crippen molar-refractivity contribution in [1.82, 2.24) is 14.6 Å². The van der Waals surface area contributed by atoms with Crippen LogP contribution in [0.2, 0.25) is 0 Å². The number of rotatable bonds is 0. The van der Waals surface area contributed by atoms with Crippen LogP contribution in [0.15, 0.2) is 47.1 Å². The molecule has 5 rings (SSSR count). The summed E-state index contributed by atoms with van der Waals surface area (Å²) in [7, 11) is 0. The second-order valence-corrected chi connectivity index (χ2v) is 4.70. The molecule has 4 aromatic rings. The largest absolute Gasteiger partial charge is 0.412 e. The molecule has 0 aliphatic carbocycles. The molecule has 0 amide bonds. The Morgan fingerprint density at radius 3 is 3.16 bits per heavy atom. The first-order chi connectivity index (χ1) is 9.42. The Bertz CT molecular complexity index is 951. The highest BCUT2D eigenvalue weighted by molar-refractivity contribution is 5.78. The van der Waals surface area contributed by atoms with Crippen LogP contribution in [0.5, 0.6) is 0 Å². The Labute approximate surface area is 107 Å². The molecule has 0 N–H and O–H groups in total. The molecular formula is C14H9N4O+. The summed E-state index contributed by atoms with van der Waals surface area (Å²) in [5.41, 5.74) is 5.00. The fourth-order valence-corrected chi connectivity index (χ4v) is 2.80. The van der Waals surface area contributed by atoms with Crippen molar-refractivity contribution in [3.8, 4) is 11.6 Å². The third kappa shape index (κ3) is 1.03. The molecule has 5 heterocycles. The maximum Gasteiger partial charge on any atom is 0.354 e. The van der Waals surface area contributed by atoms with Crippen molar-refractivity contribution in [2.24, 2.45) is 0 Å². The number of aromatic nitrogens is 4. The summed E-state index contributed by atoms with van der Waals surface area (Å²) >= 11 is 0. The van der Waals surface area contributed by atoms with E-state index in [9.17, 15) is 0 Å². The van der Waals surface area contributed by atoms with E-state index in [1.54, 1.807) is 12.4 Å². The fourth-order valence-electron chi connectivity index (χ4n) is 2.80. The average molecular weight is 249 g/mol. The maximum absolute atomic E-state index is 5.96. The van der Waals surface area contributed by atoms with Gasteiger partial charge in [-0.25, -0.2) is 4.98 Å². The zero-order chi connectivity index (χ0) is 12.4. The highest BCUT2D eigenvalue weighted by Gasteiger charge is 2.34. The fraction of sp³-hybridized carbons (Fsp3) is 0.0714. The van der Waals surface area contributed by atoms with Gasteiger partial charge in [0.1, 0.15) is 6.54 Å². The lowest BCUT2D eigenvalue weighted by Gasteiger charge is -1.90. The van der Waals surface area contributed by atoms with Crippen LogP contribution < -0.4 is 4.57 Å². The summed E-state index contributed by atoms with van der Waals surface area (Å²) in [6.07, 6.45) is 3.58. The number of hydrogen-bond acceptors (Lipinski definition) is 3. The van der Waals surface area contributed by atoms with Gasteiger partial charge in [0, 0.05) is 17.8 Å². The molecule has 1 aliphatic heterocycles. The number of oxazole rings is 1. The maximum atomic E-state index is 5.96. The summed E-state index contributed by atoms with van der Waals surface area (Å²) in [5, 5.41) is 4.40. The lowest BCUT2D eigenvalue weighted by Crippen LogP contribution is -2.32. The van der Waals surface area contributed by atoms with E-state index in [1.165, 1.54) is 5.56 Å². The number of fused-ring (bicyclic) bond motifs is 7. The minimum Gasteiger partial charge on any atom is -0.412 e. The standard InChI is InChI=1S/C14H9N4O/c1-3-9-8-17-13-11(19-14(17)12(9)15-5-1)7-10-4-2-6-16-18(10)13/h1-7H,8H2/q+1. The molecule has 5 nitrogen and oxygen atoms in total. The first kappa shape index (κ1) is 9.27. The van der Waals surface area contributed by atoms with Crippen molar-refractivity contribution >= 4 is 16.7 Å². The molecule has 0 unspecified atom stereocenters. The summed E-state index contributed by atoms with van der Waals surface area (Å²) < 4.78 is 10.0. The molecule has 0 atom stereocenters. The van der Waals surface area contributed by atoms with Crippen LogP contribution in [0.25, 0.3) is 28.3 Å². The highest BCUT2D eigenvalue weighted by Crippen LogP contribution is 2.30. The van der Waals surface area contributed by atoms with Gasteiger partial charge in [-0.15, -0.1) is 0 Å². The van der Waals surface area contributed by atoms with Crippen LogP contribution in [-0.4, -0.2) is 14.6 Å². The Hall–Kier alpha value is -2.69. The second-order valence-electron chi connectivity index (χ2n) is 4.70. The quantitative estimate of drug-likeness (QED) is 0.393. The molecular weight excluding hydrogens is 240 g/mol. The van der Waals surface area contributed by atoms with Gasteiger partial charge in [-0.2, -0.15) is 4.57 Å². The Morgan fingerprint density at radius 1 is 1.21 bits per heavy atom. The van der Waals surface area contributed by atoms with Crippen molar-refractivity contribution in [3.63, 3.8) is 0 Å². The number of nitrogens with zero attached hydrogens (tertiary/aromatic N) is 4. The normalized spacial score (nSPS) is 13.1. The Balaban J connectivity index is 1.94. The van der Waals surface area contributed by atoms with Gasteiger partial charge in [0.15, 0.2) is 11.2 Å².